The molecule has 0 aliphatic carbocycles. The van der Waals surface area contributed by atoms with Crippen molar-refractivity contribution in [1.29, 1.82) is 0 Å². The Morgan fingerprint density at radius 1 is 1.17 bits per heavy atom. The van der Waals surface area contributed by atoms with Gasteiger partial charge in [-0.05, 0) is 62.4 Å². The average Bonchev–Trinajstić information content (AvgIpc) is 3.26. The van der Waals surface area contributed by atoms with Crippen molar-refractivity contribution >= 4 is 53.0 Å². The highest BCUT2D eigenvalue weighted by molar-refractivity contribution is 7.13. The number of likely N-dealkylation sites (tertiary alicyclic amines) is 1. The summed E-state index contributed by atoms with van der Waals surface area (Å²) in [5.74, 6) is 0.857. The summed E-state index contributed by atoms with van der Waals surface area (Å²) in [5.41, 5.74) is 2.55. The lowest BCUT2D eigenvalue weighted by Gasteiger charge is -2.32. The number of carbonyl (C=O) groups excluding carboxylic acids is 1. The molecule has 1 aliphatic rings. The maximum absolute atomic E-state index is 13.3. The minimum Gasteiger partial charge on any atom is -0.339 e. The molecule has 1 aliphatic heterocycles. The minimum atomic E-state index is 0. The highest BCUT2D eigenvalue weighted by Crippen LogP contribution is 2.29. The van der Waals surface area contributed by atoms with Gasteiger partial charge in [-0.25, -0.2) is 4.98 Å². The lowest BCUT2D eigenvalue weighted by molar-refractivity contribution is 0.0689. The summed E-state index contributed by atoms with van der Waals surface area (Å²) in [7, 11) is 2.00. The summed E-state index contributed by atoms with van der Waals surface area (Å²) in [5, 5.41) is 6.22. The van der Waals surface area contributed by atoms with Crippen LogP contribution in [-0.4, -0.2) is 42.5 Å². The predicted octanol–water partition coefficient (Wildman–Crippen LogP) is 5.27. The first-order valence-corrected chi connectivity index (χ1v) is 10.5. The highest BCUT2D eigenvalue weighted by atomic mass is 35.5. The van der Waals surface area contributed by atoms with Crippen molar-refractivity contribution in [3.05, 3.63) is 53.4 Å². The molecule has 29 heavy (non-hydrogen) atoms. The van der Waals surface area contributed by atoms with E-state index in [1.807, 2.05) is 53.7 Å². The molecule has 0 atom stereocenters. The van der Waals surface area contributed by atoms with Crippen molar-refractivity contribution in [1.82, 2.24) is 15.2 Å². The average molecular weight is 452 g/mol. The second-order valence-corrected chi connectivity index (χ2v) is 8.13. The molecule has 4 rings (SSSR count). The van der Waals surface area contributed by atoms with Gasteiger partial charge in [0.05, 0.1) is 21.7 Å². The lowest BCUT2D eigenvalue weighted by Crippen LogP contribution is -2.39. The van der Waals surface area contributed by atoms with Gasteiger partial charge in [0.2, 0.25) is 0 Å². The van der Waals surface area contributed by atoms with Gasteiger partial charge in [-0.1, -0.05) is 24.3 Å². The van der Waals surface area contributed by atoms with E-state index in [9.17, 15) is 4.79 Å². The molecular weight excluding hydrogens is 425 g/mol. The number of halogens is 2. The van der Waals surface area contributed by atoms with E-state index in [4.69, 9.17) is 4.98 Å². The molecule has 0 saturated carbocycles. The number of nitrogens with zero attached hydrogens (tertiary/aromatic N) is 2. The third kappa shape index (κ3) is 5.28. The SMILES string of the molecule is CNCCC1CCN(C(=O)c2cc(-c3cccs3)nc3ccccc23)CC1.Cl.Cl. The fraction of sp³-hybridized carbons (Fsp3) is 0.364. The second kappa shape index (κ2) is 10.9. The van der Waals surface area contributed by atoms with Crippen molar-refractivity contribution in [3.63, 3.8) is 0 Å². The number of aromatic nitrogens is 1. The summed E-state index contributed by atoms with van der Waals surface area (Å²) in [4.78, 5) is 21.3. The number of hydrogen-bond donors (Lipinski definition) is 1. The van der Waals surface area contributed by atoms with Gasteiger partial charge < -0.3 is 10.2 Å². The van der Waals surface area contributed by atoms with Gasteiger partial charge in [-0.15, -0.1) is 36.2 Å². The Balaban J connectivity index is 0.00000150. The molecule has 1 saturated heterocycles. The van der Waals surface area contributed by atoms with Gasteiger partial charge in [-0.3, -0.25) is 4.79 Å². The number of hydrogen-bond acceptors (Lipinski definition) is 4. The summed E-state index contributed by atoms with van der Waals surface area (Å²) >= 11 is 1.66. The zero-order chi connectivity index (χ0) is 18.6. The molecule has 0 spiro atoms. The minimum absolute atomic E-state index is 0. The van der Waals surface area contributed by atoms with Crippen LogP contribution in [0.5, 0.6) is 0 Å². The Hall–Kier alpha value is -1.66. The van der Waals surface area contributed by atoms with Gasteiger partial charge >= 0.3 is 0 Å². The van der Waals surface area contributed by atoms with Crippen LogP contribution in [0.1, 0.15) is 29.6 Å². The molecule has 0 radical (unpaired) electrons. The fourth-order valence-corrected chi connectivity index (χ4v) is 4.53. The standard InChI is InChI=1S/C22H25N3OS.2ClH/c1-23-11-8-16-9-12-25(13-10-16)22(26)18-15-20(21-7-4-14-27-21)24-19-6-3-2-5-17(18)19;;/h2-7,14-16,23H,8-13H2,1H3;2*1H. The van der Waals surface area contributed by atoms with E-state index in [1.165, 1.54) is 6.42 Å². The Morgan fingerprint density at radius 3 is 2.62 bits per heavy atom. The van der Waals surface area contributed by atoms with Crippen LogP contribution < -0.4 is 5.32 Å². The monoisotopic (exact) mass is 451 g/mol. The Morgan fingerprint density at radius 2 is 1.93 bits per heavy atom. The molecule has 3 heterocycles. The van der Waals surface area contributed by atoms with Crippen LogP contribution in [0, 0.1) is 5.92 Å². The molecular formula is C22H27Cl2N3OS. The number of pyridine rings is 1. The van der Waals surface area contributed by atoms with Crippen molar-refractivity contribution in [3.8, 4) is 10.6 Å². The zero-order valence-electron chi connectivity index (χ0n) is 16.5. The normalized spacial score (nSPS) is 14.3. The van der Waals surface area contributed by atoms with Crippen LogP contribution in [0.3, 0.4) is 0 Å². The third-order valence-electron chi connectivity index (χ3n) is 5.42. The van der Waals surface area contributed by atoms with Gasteiger partial charge in [-0.2, -0.15) is 0 Å². The quantitative estimate of drug-likeness (QED) is 0.574. The number of carbonyl (C=O) groups is 1. The Bertz CT molecular complexity index is 925. The van der Waals surface area contributed by atoms with Crippen LogP contribution in [0.4, 0.5) is 0 Å². The number of rotatable bonds is 5. The number of fused-ring (bicyclic) bond motifs is 1. The number of nitrogens with one attached hydrogen (secondary N) is 1. The van der Waals surface area contributed by atoms with Crippen LogP contribution in [0.2, 0.25) is 0 Å². The molecule has 3 aromatic rings. The maximum Gasteiger partial charge on any atom is 0.254 e. The zero-order valence-corrected chi connectivity index (χ0v) is 18.9. The van der Waals surface area contributed by atoms with E-state index in [2.05, 4.69) is 11.4 Å². The predicted molar refractivity (Wildman–Crippen MR) is 127 cm³/mol. The molecule has 2 aromatic heterocycles. The Labute approximate surface area is 188 Å². The smallest absolute Gasteiger partial charge is 0.254 e. The molecule has 1 amide bonds. The summed E-state index contributed by atoms with van der Waals surface area (Å²) < 4.78 is 0. The van der Waals surface area contributed by atoms with E-state index in [0.717, 1.165) is 65.4 Å². The van der Waals surface area contributed by atoms with Crippen molar-refractivity contribution in [2.45, 2.75) is 19.3 Å². The Kier molecular flexibility index (Phi) is 8.90. The van der Waals surface area contributed by atoms with E-state index >= 15 is 0 Å². The first-order chi connectivity index (χ1) is 13.3. The molecule has 0 unspecified atom stereocenters. The summed E-state index contributed by atoms with van der Waals surface area (Å²) in [6, 6.07) is 14.0. The number of amides is 1. The van der Waals surface area contributed by atoms with Crippen molar-refractivity contribution in [2.24, 2.45) is 5.92 Å². The van der Waals surface area contributed by atoms with Crippen LogP contribution in [0.15, 0.2) is 47.8 Å². The molecule has 1 aromatic carbocycles. The van der Waals surface area contributed by atoms with E-state index < -0.39 is 0 Å². The second-order valence-electron chi connectivity index (χ2n) is 7.18. The molecule has 1 N–H and O–H groups in total. The van der Waals surface area contributed by atoms with E-state index in [1.54, 1.807) is 11.3 Å². The highest BCUT2D eigenvalue weighted by Gasteiger charge is 2.25. The largest absolute Gasteiger partial charge is 0.339 e. The third-order valence-corrected chi connectivity index (χ3v) is 6.32. The molecule has 0 bridgehead atoms. The van der Waals surface area contributed by atoms with Crippen LogP contribution >= 0.6 is 36.2 Å². The van der Waals surface area contributed by atoms with Crippen molar-refractivity contribution in [2.75, 3.05) is 26.7 Å². The number of benzene rings is 1. The maximum atomic E-state index is 13.3. The molecule has 4 nitrogen and oxygen atoms in total. The summed E-state index contributed by atoms with van der Waals surface area (Å²) in [6.45, 7) is 2.74. The van der Waals surface area contributed by atoms with Crippen molar-refractivity contribution < 1.29 is 4.79 Å². The van der Waals surface area contributed by atoms with Gasteiger partial charge in [0.1, 0.15) is 0 Å². The van der Waals surface area contributed by atoms with Gasteiger partial charge in [0.25, 0.3) is 5.91 Å². The lowest BCUT2D eigenvalue weighted by atomic mass is 9.93. The topological polar surface area (TPSA) is 45.2 Å². The van der Waals surface area contributed by atoms with Gasteiger partial charge in [0.15, 0.2) is 0 Å². The van der Waals surface area contributed by atoms with Crippen LogP contribution in [0.25, 0.3) is 21.5 Å². The number of piperidine rings is 1. The van der Waals surface area contributed by atoms with Gasteiger partial charge in [0, 0.05) is 18.5 Å². The van der Waals surface area contributed by atoms with Crippen LogP contribution in [-0.2, 0) is 0 Å². The summed E-state index contributed by atoms with van der Waals surface area (Å²) in [6.07, 6.45) is 3.38. The van der Waals surface area contributed by atoms with E-state index in [-0.39, 0.29) is 30.7 Å². The molecule has 7 heteroatoms. The fourth-order valence-electron chi connectivity index (χ4n) is 3.85. The molecule has 156 valence electrons. The first-order valence-electron chi connectivity index (χ1n) is 9.64. The first kappa shape index (κ1) is 23.6. The molecule has 1 fully saturated rings. The van der Waals surface area contributed by atoms with E-state index in [0.29, 0.717) is 0 Å². The number of para-hydroxylation sites is 1. The number of thiophene rings is 1.